The fraction of sp³-hybridized carbons (Fsp3) is 0.462. The van der Waals surface area contributed by atoms with Crippen molar-refractivity contribution >= 4 is 39.2 Å². The molecule has 0 unspecified atom stereocenters. The Balaban J connectivity index is 2.51. The van der Waals surface area contributed by atoms with Gasteiger partial charge in [-0.05, 0) is 25.0 Å². The Morgan fingerprint density at radius 2 is 1.67 bits per heavy atom. The van der Waals surface area contributed by atoms with Crippen LogP contribution in [0.1, 0.15) is 36.0 Å². The predicted octanol–water partition coefficient (Wildman–Crippen LogP) is 3.26. The van der Waals surface area contributed by atoms with Crippen molar-refractivity contribution in [2.24, 2.45) is 0 Å². The Morgan fingerprint density at radius 3 is 2.19 bits per heavy atom. The summed E-state index contributed by atoms with van der Waals surface area (Å²) in [4.78, 5) is 10.9. The van der Waals surface area contributed by atoms with Crippen LogP contribution in [-0.2, 0) is 10.0 Å². The first-order chi connectivity index (χ1) is 9.84. The average molecular weight is 352 g/mol. The molecule has 2 rings (SSSR count). The monoisotopic (exact) mass is 351 g/mol. The molecule has 0 aromatic heterocycles. The third kappa shape index (κ3) is 3.51. The summed E-state index contributed by atoms with van der Waals surface area (Å²) in [5.41, 5.74) is -0.308. The highest BCUT2D eigenvalue weighted by atomic mass is 35.5. The van der Waals surface area contributed by atoms with Crippen LogP contribution in [0.2, 0.25) is 10.0 Å². The fourth-order valence-electron chi connectivity index (χ4n) is 2.33. The van der Waals surface area contributed by atoms with Crippen molar-refractivity contribution in [2.75, 3.05) is 13.1 Å². The number of hydrogen-bond donors (Lipinski definition) is 1. The molecule has 1 fully saturated rings. The lowest BCUT2D eigenvalue weighted by molar-refractivity contribution is 0.0697. The maximum absolute atomic E-state index is 12.7. The van der Waals surface area contributed by atoms with Crippen LogP contribution < -0.4 is 0 Å². The van der Waals surface area contributed by atoms with Crippen LogP contribution >= 0.6 is 23.2 Å². The minimum Gasteiger partial charge on any atom is -0.478 e. The van der Waals surface area contributed by atoms with Gasteiger partial charge in [-0.15, -0.1) is 0 Å². The van der Waals surface area contributed by atoms with Gasteiger partial charge in [0.25, 0.3) is 0 Å². The number of carboxylic acids is 1. The van der Waals surface area contributed by atoms with Crippen LogP contribution in [0, 0.1) is 0 Å². The van der Waals surface area contributed by atoms with Gasteiger partial charge in [0, 0.05) is 18.1 Å². The molecule has 0 atom stereocenters. The summed E-state index contributed by atoms with van der Waals surface area (Å²) in [6.45, 7) is 0.821. The van der Waals surface area contributed by atoms with Gasteiger partial charge in [-0.1, -0.05) is 36.0 Å². The van der Waals surface area contributed by atoms with Gasteiger partial charge >= 0.3 is 5.97 Å². The number of halogens is 2. The number of hydrogen-bond acceptors (Lipinski definition) is 3. The van der Waals surface area contributed by atoms with Crippen LogP contribution in [0.25, 0.3) is 0 Å². The molecule has 8 heteroatoms. The van der Waals surface area contributed by atoms with E-state index in [0.717, 1.165) is 31.7 Å². The highest BCUT2D eigenvalue weighted by Crippen LogP contribution is 2.32. The molecule has 1 aromatic carbocycles. The zero-order chi connectivity index (χ0) is 15.6. The lowest BCUT2D eigenvalue weighted by Crippen LogP contribution is -2.32. The standard InChI is InChI=1S/C13H15Cl2NO4S/c14-9-7-10(13(17)18)12(15)11(8-9)21(19,20)16-5-3-1-2-4-6-16/h7-8H,1-6H2,(H,17,18). The van der Waals surface area contributed by atoms with Crippen LogP contribution in [-0.4, -0.2) is 36.9 Å². The van der Waals surface area contributed by atoms with Crippen LogP contribution in [0.4, 0.5) is 0 Å². The van der Waals surface area contributed by atoms with E-state index < -0.39 is 16.0 Å². The van der Waals surface area contributed by atoms with E-state index in [9.17, 15) is 13.2 Å². The summed E-state index contributed by atoms with van der Waals surface area (Å²) in [6, 6.07) is 2.35. The summed E-state index contributed by atoms with van der Waals surface area (Å²) in [7, 11) is -3.84. The zero-order valence-corrected chi connectivity index (χ0v) is 13.5. The molecule has 1 saturated heterocycles. The molecule has 0 bridgehead atoms. The van der Waals surface area contributed by atoms with Gasteiger partial charge < -0.3 is 5.11 Å². The first-order valence-electron chi connectivity index (χ1n) is 6.56. The second-order valence-corrected chi connectivity index (χ2v) is 7.61. The normalized spacial score (nSPS) is 17.4. The molecule has 1 aliphatic heterocycles. The van der Waals surface area contributed by atoms with Crippen molar-refractivity contribution < 1.29 is 18.3 Å². The number of nitrogens with zero attached hydrogens (tertiary/aromatic N) is 1. The topological polar surface area (TPSA) is 74.7 Å². The Bertz CT molecular complexity index is 652. The van der Waals surface area contributed by atoms with Crippen molar-refractivity contribution in [2.45, 2.75) is 30.6 Å². The fourth-order valence-corrected chi connectivity index (χ4v) is 4.72. The third-order valence-electron chi connectivity index (χ3n) is 3.42. The molecule has 5 nitrogen and oxygen atoms in total. The number of benzene rings is 1. The number of carbonyl (C=O) groups is 1. The molecule has 1 N–H and O–H groups in total. The van der Waals surface area contributed by atoms with Crippen LogP contribution in [0.3, 0.4) is 0 Å². The minimum absolute atomic E-state index is 0.0326. The van der Waals surface area contributed by atoms with Crippen molar-refractivity contribution in [1.29, 1.82) is 0 Å². The maximum Gasteiger partial charge on any atom is 0.337 e. The Morgan fingerprint density at radius 1 is 1.10 bits per heavy atom. The largest absolute Gasteiger partial charge is 0.478 e. The quantitative estimate of drug-likeness (QED) is 0.906. The molecule has 0 radical (unpaired) electrons. The number of aromatic carboxylic acids is 1. The van der Waals surface area contributed by atoms with Gasteiger partial charge in [0.1, 0.15) is 4.90 Å². The van der Waals surface area contributed by atoms with E-state index in [1.54, 1.807) is 0 Å². The SMILES string of the molecule is O=C(O)c1cc(Cl)cc(S(=O)(=O)N2CCCCCC2)c1Cl. The third-order valence-corrected chi connectivity index (χ3v) is 6.08. The van der Waals surface area contributed by atoms with Crippen LogP contribution in [0.5, 0.6) is 0 Å². The van der Waals surface area contributed by atoms with E-state index in [1.165, 1.54) is 10.4 Å². The van der Waals surface area contributed by atoms with Crippen molar-refractivity contribution in [1.82, 2.24) is 4.31 Å². The summed E-state index contributed by atoms with van der Waals surface area (Å²) in [5.74, 6) is -1.31. The van der Waals surface area contributed by atoms with Gasteiger partial charge in [-0.25, -0.2) is 13.2 Å². The summed E-state index contributed by atoms with van der Waals surface area (Å²) >= 11 is 11.8. The lowest BCUT2D eigenvalue weighted by Gasteiger charge is -2.21. The first kappa shape index (κ1) is 16.5. The summed E-state index contributed by atoms with van der Waals surface area (Å²) in [5, 5.41) is 8.82. The Labute approximate surface area is 133 Å². The second-order valence-electron chi connectivity index (χ2n) is 4.89. The van der Waals surface area contributed by atoms with E-state index in [2.05, 4.69) is 0 Å². The molecule has 21 heavy (non-hydrogen) atoms. The van der Waals surface area contributed by atoms with E-state index in [-0.39, 0.29) is 20.5 Å². The molecule has 0 spiro atoms. The van der Waals surface area contributed by atoms with Gasteiger partial charge in [0.15, 0.2) is 0 Å². The van der Waals surface area contributed by atoms with E-state index in [0.29, 0.717) is 13.1 Å². The molecule has 1 aliphatic rings. The van der Waals surface area contributed by atoms with Crippen molar-refractivity contribution in [3.05, 3.63) is 27.7 Å². The van der Waals surface area contributed by atoms with Gasteiger partial charge in [-0.2, -0.15) is 4.31 Å². The zero-order valence-electron chi connectivity index (χ0n) is 11.2. The molecule has 1 aromatic rings. The number of rotatable bonds is 3. The van der Waals surface area contributed by atoms with Crippen molar-refractivity contribution in [3.8, 4) is 0 Å². The summed E-state index contributed by atoms with van der Waals surface area (Å²) in [6.07, 6.45) is 3.53. The van der Waals surface area contributed by atoms with E-state index in [4.69, 9.17) is 28.3 Å². The van der Waals surface area contributed by atoms with E-state index >= 15 is 0 Å². The molecular formula is C13H15Cl2NO4S. The molecule has 1 heterocycles. The summed E-state index contributed by atoms with van der Waals surface area (Å²) < 4.78 is 26.7. The highest BCUT2D eigenvalue weighted by molar-refractivity contribution is 7.89. The number of carboxylic acid groups (broad SMARTS) is 1. The molecule has 0 aliphatic carbocycles. The van der Waals surface area contributed by atoms with Crippen molar-refractivity contribution in [3.63, 3.8) is 0 Å². The molecule has 116 valence electrons. The Kier molecular flexibility index (Phi) is 5.14. The van der Waals surface area contributed by atoms with E-state index in [1.807, 2.05) is 0 Å². The molecule has 0 amide bonds. The second kappa shape index (κ2) is 6.52. The predicted molar refractivity (Wildman–Crippen MR) is 80.6 cm³/mol. The lowest BCUT2D eigenvalue weighted by atomic mass is 10.2. The van der Waals surface area contributed by atoms with Gasteiger partial charge in [-0.3, -0.25) is 0 Å². The highest BCUT2D eigenvalue weighted by Gasteiger charge is 2.29. The number of sulfonamides is 1. The molecular weight excluding hydrogens is 337 g/mol. The van der Waals surface area contributed by atoms with Gasteiger partial charge in [0.05, 0.1) is 10.6 Å². The maximum atomic E-state index is 12.7. The minimum atomic E-state index is -3.84. The Hall–Kier alpha value is -0.820. The first-order valence-corrected chi connectivity index (χ1v) is 8.76. The average Bonchev–Trinajstić information content (AvgIpc) is 2.70. The van der Waals surface area contributed by atoms with Crippen LogP contribution in [0.15, 0.2) is 17.0 Å². The smallest absolute Gasteiger partial charge is 0.337 e. The molecule has 0 saturated carbocycles. The van der Waals surface area contributed by atoms with Gasteiger partial charge in [0.2, 0.25) is 10.0 Å².